The fraction of sp³-hybridized carbons (Fsp3) is 0. The smallest absolute Gasteiger partial charge is 0.340 e. The van der Waals surface area contributed by atoms with Crippen LogP contribution in [0.3, 0.4) is 0 Å². The van der Waals surface area contributed by atoms with Crippen molar-refractivity contribution in [1.29, 1.82) is 0 Å². The maximum absolute atomic E-state index is 13.5. The molecule has 0 aliphatic heterocycles. The number of aromatic hydroxyl groups is 1. The largest absolute Gasteiger partial charge is 0.507 e. The predicted molar refractivity (Wildman–Crippen MR) is 69.4 cm³/mol. The highest BCUT2D eigenvalue weighted by atomic mass is 19.1. The first-order valence-electron chi connectivity index (χ1n) is 5.72. The first kappa shape index (κ1) is 14.4. The van der Waals surface area contributed by atoms with E-state index in [1.807, 2.05) is 0 Å². The lowest BCUT2D eigenvalue weighted by atomic mass is 10.1. The van der Waals surface area contributed by atoms with E-state index in [1.54, 1.807) is 0 Å². The molecule has 0 bridgehead atoms. The van der Waals surface area contributed by atoms with Crippen LogP contribution in [0.2, 0.25) is 0 Å². The number of hydrogen-bond donors (Lipinski definition) is 3. The van der Waals surface area contributed by atoms with Crippen LogP contribution in [-0.4, -0.2) is 22.1 Å². The van der Waals surface area contributed by atoms with Gasteiger partial charge >= 0.3 is 5.97 Å². The highest BCUT2D eigenvalue weighted by Crippen LogP contribution is 2.24. The molecule has 0 aliphatic carbocycles. The number of halogens is 2. The summed E-state index contributed by atoms with van der Waals surface area (Å²) in [6.45, 7) is 0. The van der Waals surface area contributed by atoms with Gasteiger partial charge in [0.2, 0.25) is 0 Å². The summed E-state index contributed by atoms with van der Waals surface area (Å²) < 4.78 is 27.0. The van der Waals surface area contributed by atoms with Crippen molar-refractivity contribution in [3.8, 4) is 5.75 Å². The summed E-state index contributed by atoms with van der Waals surface area (Å²) >= 11 is 0. The third kappa shape index (κ3) is 2.81. The van der Waals surface area contributed by atoms with E-state index in [0.29, 0.717) is 0 Å². The van der Waals surface area contributed by atoms with Crippen LogP contribution in [0.4, 0.5) is 14.5 Å². The second-order valence-electron chi connectivity index (χ2n) is 4.06. The minimum Gasteiger partial charge on any atom is -0.507 e. The van der Waals surface area contributed by atoms with Gasteiger partial charge in [-0.25, -0.2) is 13.6 Å². The second kappa shape index (κ2) is 5.58. The molecule has 0 fully saturated rings. The topological polar surface area (TPSA) is 86.6 Å². The van der Waals surface area contributed by atoms with E-state index in [1.165, 1.54) is 12.1 Å². The Labute approximate surface area is 117 Å². The number of rotatable bonds is 3. The molecule has 2 aromatic rings. The quantitative estimate of drug-likeness (QED) is 0.812. The van der Waals surface area contributed by atoms with Crippen LogP contribution in [0.1, 0.15) is 20.7 Å². The number of amides is 1. The summed E-state index contributed by atoms with van der Waals surface area (Å²) in [5.74, 6) is -5.31. The lowest BCUT2D eigenvalue weighted by Crippen LogP contribution is -2.17. The van der Waals surface area contributed by atoms with E-state index in [4.69, 9.17) is 5.11 Å². The normalized spacial score (nSPS) is 10.2. The minimum absolute atomic E-state index is 0.338. The van der Waals surface area contributed by atoms with Crippen molar-refractivity contribution in [2.24, 2.45) is 0 Å². The molecule has 0 heterocycles. The van der Waals surface area contributed by atoms with E-state index < -0.39 is 40.4 Å². The van der Waals surface area contributed by atoms with Crippen molar-refractivity contribution in [2.45, 2.75) is 0 Å². The molecule has 7 heteroatoms. The Kier molecular flexibility index (Phi) is 3.84. The molecule has 21 heavy (non-hydrogen) atoms. The molecule has 2 aromatic carbocycles. The molecule has 2 rings (SSSR count). The molecule has 0 radical (unpaired) electrons. The van der Waals surface area contributed by atoms with Gasteiger partial charge in [-0.05, 0) is 24.3 Å². The summed E-state index contributed by atoms with van der Waals surface area (Å²) in [6, 6.07) is 6.52. The average molecular weight is 293 g/mol. The lowest BCUT2D eigenvalue weighted by Gasteiger charge is -2.10. The van der Waals surface area contributed by atoms with Gasteiger partial charge in [-0.3, -0.25) is 4.79 Å². The maximum Gasteiger partial charge on any atom is 0.340 e. The van der Waals surface area contributed by atoms with Crippen LogP contribution in [0.25, 0.3) is 0 Å². The van der Waals surface area contributed by atoms with Crippen molar-refractivity contribution in [2.75, 3.05) is 5.32 Å². The Morgan fingerprint density at radius 2 is 1.52 bits per heavy atom. The monoisotopic (exact) mass is 293 g/mol. The van der Waals surface area contributed by atoms with Crippen molar-refractivity contribution in [3.63, 3.8) is 0 Å². The van der Waals surface area contributed by atoms with Gasteiger partial charge in [0.1, 0.15) is 28.5 Å². The summed E-state index contributed by atoms with van der Waals surface area (Å²) in [6.07, 6.45) is 0. The minimum atomic E-state index is -1.58. The van der Waals surface area contributed by atoms with Gasteiger partial charge in [0.05, 0.1) is 5.69 Å². The van der Waals surface area contributed by atoms with E-state index in [0.717, 1.165) is 24.3 Å². The number of carbonyl (C=O) groups is 2. The standard InChI is InChI=1S/C14H9F2NO4/c15-7-3-1-5-9(11(7)14(20)21)17-13(19)12-8(16)4-2-6-10(12)18/h1-6,18H,(H,17,19)(H,20,21). The van der Waals surface area contributed by atoms with E-state index >= 15 is 0 Å². The molecule has 0 aliphatic rings. The van der Waals surface area contributed by atoms with E-state index in [9.17, 15) is 23.5 Å². The summed E-state index contributed by atoms with van der Waals surface area (Å²) in [5.41, 5.74) is -1.74. The highest BCUT2D eigenvalue weighted by molar-refractivity contribution is 6.09. The van der Waals surface area contributed by atoms with Crippen LogP contribution >= 0.6 is 0 Å². The second-order valence-corrected chi connectivity index (χ2v) is 4.06. The summed E-state index contributed by atoms with van der Waals surface area (Å²) in [4.78, 5) is 22.9. The van der Waals surface area contributed by atoms with Crippen molar-refractivity contribution < 1.29 is 28.6 Å². The van der Waals surface area contributed by atoms with E-state index in [2.05, 4.69) is 5.32 Å². The van der Waals surface area contributed by atoms with Gasteiger partial charge in [0, 0.05) is 0 Å². The fourth-order valence-corrected chi connectivity index (χ4v) is 1.77. The molecule has 3 N–H and O–H groups in total. The number of carboxylic acid groups (broad SMARTS) is 1. The Hall–Kier alpha value is -2.96. The summed E-state index contributed by atoms with van der Waals surface area (Å²) in [7, 11) is 0. The van der Waals surface area contributed by atoms with Crippen molar-refractivity contribution in [1.82, 2.24) is 0 Å². The molecule has 0 saturated heterocycles. The van der Waals surface area contributed by atoms with Crippen LogP contribution in [0, 0.1) is 11.6 Å². The Morgan fingerprint density at radius 3 is 2.10 bits per heavy atom. The molecule has 108 valence electrons. The number of carbonyl (C=O) groups excluding carboxylic acids is 1. The average Bonchev–Trinajstić information content (AvgIpc) is 2.37. The number of carboxylic acids is 1. The van der Waals surface area contributed by atoms with Crippen LogP contribution < -0.4 is 5.32 Å². The van der Waals surface area contributed by atoms with Gasteiger partial charge in [0.25, 0.3) is 5.91 Å². The molecule has 0 spiro atoms. The number of nitrogens with one attached hydrogen (secondary N) is 1. The molecular weight excluding hydrogens is 284 g/mol. The van der Waals surface area contributed by atoms with Crippen molar-refractivity contribution in [3.05, 3.63) is 59.2 Å². The zero-order valence-electron chi connectivity index (χ0n) is 10.4. The fourth-order valence-electron chi connectivity index (χ4n) is 1.77. The number of phenols is 1. The number of hydrogen-bond acceptors (Lipinski definition) is 3. The molecule has 0 aromatic heterocycles. The van der Waals surface area contributed by atoms with Crippen LogP contribution in [0.15, 0.2) is 36.4 Å². The Morgan fingerprint density at radius 1 is 0.952 bits per heavy atom. The van der Waals surface area contributed by atoms with Crippen molar-refractivity contribution >= 4 is 17.6 Å². The zero-order chi connectivity index (χ0) is 15.6. The van der Waals surface area contributed by atoms with Gasteiger partial charge in [-0.15, -0.1) is 0 Å². The summed E-state index contributed by atoms with van der Waals surface area (Å²) in [5, 5.41) is 20.5. The number of anilines is 1. The first-order chi connectivity index (χ1) is 9.91. The van der Waals surface area contributed by atoms with Gasteiger partial charge in [-0.1, -0.05) is 12.1 Å². The Bertz CT molecular complexity index is 711. The first-order valence-corrected chi connectivity index (χ1v) is 5.72. The number of phenolic OH excluding ortho intramolecular Hbond substituents is 1. The number of aromatic carboxylic acids is 1. The maximum atomic E-state index is 13.5. The molecular formula is C14H9F2NO4. The molecule has 5 nitrogen and oxygen atoms in total. The molecule has 0 saturated carbocycles. The molecule has 0 unspecified atom stereocenters. The third-order valence-corrected chi connectivity index (χ3v) is 2.69. The third-order valence-electron chi connectivity index (χ3n) is 2.69. The van der Waals surface area contributed by atoms with Gasteiger partial charge in [-0.2, -0.15) is 0 Å². The zero-order valence-corrected chi connectivity index (χ0v) is 10.4. The van der Waals surface area contributed by atoms with E-state index in [-0.39, 0.29) is 5.69 Å². The highest BCUT2D eigenvalue weighted by Gasteiger charge is 2.21. The predicted octanol–water partition coefficient (Wildman–Crippen LogP) is 2.62. The Balaban J connectivity index is 2.42. The van der Waals surface area contributed by atoms with Gasteiger partial charge < -0.3 is 15.5 Å². The lowest BCUT2D eigenvalue weighted by molar-refractivity contribution is 0.0693. The van der Waals surface area contributed by atoms with Crippen LogP contribution in [0.5, 0.6) is 5.75 Å². The van der Waals surface area contributed by atoms with Gasteiger partial charge in [0.15, 0.2) is 0 Å². The molecule has 0 atom stereocenters. The SMILES string of the molecule is O=C(Nc1cccc(F)c1C(=O)O)c1c(O)cccc1F. The number of benzene rings is 2. The van der Waals surface area contributed by atoms with Crippen LogP contribution in [-0.2, 0) is 0 Å². The molecule has 1 amide bonds.